The van der Waals surface area contributed by atoms with Crippen LogP contribution >= 0.6 is 11.3 Å². The lowest BCUT2D eigenvalue weighted by Crippen LogP contribution is -2.47. The number of anilines is 1. The summed E-state index contributed by atoms with van der Waals surface area (Å²) in [7, 11) is -3.82. The molecule has 160 valence electrons. The molecular weight excluding hydrogens is 438 g/mol. The van der Waals surface area contributed by atoms with E-state index in [1.807, 2.05) is 24.3 Å². The number of benzene rings is 2. The third-order valence-corrected chi connectivity index (χ3v) is 7.49. The quantitative estimate of drug-likeness (QED) is 0.510. The van der Waals surface area contributed by atoms with E-state index < -0.39 is 21.8 Å². The maximum Gasteiger partial charge on any atom is 0.271 e. The molecule has 1 unspecified atom stereocenters. The number of para-hydroxylation sites is 2. The van der Waals surface area contributed by atoms with E-state index in [9.17, 15) is 18.0 Å². The molecular formula is C21H19N3O5S2. The number of nitrogens with one attached hydrogen (secondary N) is 3. The lowest BCUT2D eigenvalue weighted by atomic mass is 9.96. The molecule has 1 atom stereocenters. The summed E-state index contributed by atoms with van der Waals surface area (Å²) >= 11 is 1.07. The van der Waals surface area contributed by atoms with Crippen molar-refractivity contribution in [3.63, 3.8) is 0 Å². The number of carbonyl (C=O) groups excluding carboxylic acids is 2. The number of thiophene rings is 1. The van der Waals surface area contributed by atoms with Crippen LogP contribution in [0.1, 0.15) is 15.9 Å². The third-order valence-electron chi connectivity index (χ3n) is 4.72. The number of hydrogen-bond acceptors (Lipinski definition) is 6. The van der Waals surface area contributed by atoms with Gasteiger partial charge < -0.3 is 4.74 Å². The summed E-state index contributed by atoms with van der Waals surface area (Å²) in [6.45, 7) is 0.204. The number of fused-ring (bicyclic) bond motifs is 1. The van der Waals surface area contributed by atoms with Crippen molar-refractivity contribution < 1.29 is 22.7 Å². The number of ether oxygens (including phenoxy) is 1. The van der Waals surface area contributed by atoms with Gasteiger partial charge >= 0.3 is 0 Å². The van der Waals surface area contributed by atoms with Crippen LogP contribution in [-0.2, 0) is 21.2 Å². The molecule has 1 aliphatic heterocycles. The Bertz CT molecular complexity index is 1210. The van der Waals surface area contributed by atoms with Crippen LogP contribution in [0.25, 0.3) is 0 Å². The van der Waals surface area contributed by atoms with Gasteiger partial charge in [0.2, 0.25) is 5.91 Å². The van der Waals surface area contributed by atoms with E-state index >= 15 is 0 Å². The molecule has 0 fully saturated rings. The van der Waals surface area contributed by atoms with Crippen molar-refractivity contribution in [3.05, 3.63) is 77.2 Å². The van der Waals surface area contributed by atoms with Crippen LogP contribution < -0.4 is 20.3 Å². The van der Waals surface area contributed by atoms with Gasteiger partial charge in [-0.2, -0.15) is 0 Å². The van der Waals surface area contributed by atoms with E-state index in [0.717, 1.165) is 22.6 Å². The number of hydrogen-bond donors (Lipinski definition) is 3. The minimum Gasteiger partial charge on any atom is -0.492 e. The molecule has 0 bridgehead atoms. The molecule has 2 aromatic carbocycles. The van der Waals surface area contributed by atoms with Crippen LogP contribution in [0.5, 0.6) is 5.75 Å². The van der Waals surface area contributed by atoms with Gasteiger partial charge in [-0.15, -0.1) is 11.3 Å². The molecule has 3 N–H and O–H groups in total. The average molecular weight is 458 g/mol. The summed E-state index contributed by atoms with van der Waals surface area (Å²) in [5.41, 5.74) is 5.87. The summed E-state index contributed by atoms with van der Waals surface area (Å²) in [6, 6.07) is 16.7. The fraction of sp³-hybridized carbons (Fsp3) is 0.143. The molecule has 1 aromatic heterocycles. The Labute approximate surface area is 183 Å². The average Bonchev–Trinajstić information content (AvgIpc) is 3.33. The molecule has 2 heterocycles. The van der Waals surface area contributed by atoms with Crippen molar-refractivity contribution >= 4 is 38.9 Å². The number of rotatable bonds is 5. The van der Waals surface area contributed by atoms with Crippen LogP contribution in [0.15, 0.2) is 70.3 Å². The first-order valence-corrected chi connectivity index (χ1v) is 11.8. The van der Waals surface area contributed by atoms with Gasteiger partial charge in [0.15, 0.2) is 0 Å². The van der Waals surface area contributed by atoms with Gasteiger partial charge in [-0.3, -0.25) is 25.2 Å². The molecule has 0 radical (unpaired) electrons. The Balaban J connectivity index is 1.41. The Kier molecular flexibility index (Phi) is 5.92. The van der Waals surface area contributed by atoms with Gasteiger partial charge in [0.25, 0.3) is 15.9 Å². The lowest BCUT2D eigenvalue weighted by Gasteiger charge is -2.24. The largest absolute Gasteiger partial charge is 0.492 e. The minimum absolute atomic E-state index is 0.0770. The van der Waals surface area contributed by atoms with E-state index in [0.29, 0.717) is 6.42 Å². The normalized spacial score (nSPS) is 15.3. The number of sulfonamides is 1. The lowest BCUT2D eigenvalue weighted by molar-refractivity contribution is -0.127. The first-order valence-electron chi connectivity index (χ1n) is 9.40. The van der Waals surface area contributed by atoms with E-state index in [1.54, 1.807) is 23.6 Å². The second-order valence-electron chi connectivity index (χ2n) is 6.85. The molecule has 0 aliphatic carbocycles. The fourth-order valence-corrected chi connectivity index (χ4v) is 5.24. The molecule has 31 heavy (non-hydrogen) atoms. The van der Waals surface area contributed by atoms with Crippen molar-refractivity contribution in [2.75, 3.05) is 11.3 Å². The Morgan fingerprint density at radius 3 is 2.55 bits per heavy atom. The summed E-state index contributed by atoms with van der Waals surface area (Å²) in [5.74, 6) is -0.736. The second-order valence-corrected chi connectivity index (χ2v) is 9.70. The maximum absolute atomic E-state index is 12.6. The van der Waals surface area contributed by atoms with Crippen LogP contribution in [0.2, 0.25) is 0 Å². The SMILES string of the molecule is O=C(NNC(=O)C1COc2ccccc2C1)c1ccccc1NS(=O)(=O)c1cccs1. The van der Waals surface area contributed by atoms with Crippen molar-refractivity contribution in [3.8, 4) is 5.75 Å². The summed E-state index contributed by atoms with van der Waals surface area (Å²) in [5, 5.41) is 1.65. The fourth-order valence-electron chi connectivity index (χ4n) is 3.17. The van der Waals surface area contributed by atoms with Crippen molar-refractivity contribution in [1.82, 2.24) is 10.9 Å². The van der Waals surface area contributed by atoms with Gasteiger partial charge in [-0.25, -0.2) is 8.42 Å². The van der Waals surface area contributed by atoms with E-state index in [2.05, 4.69) is 15.6 Å². The highest BCUT2D eigenvalue weighted by atomic mass is 32.2. The van der Waals surface area contributed by atoms with E-state index in [4.69, 9.17) is 4.74 Å². The first-order chi connectivity index (χ1) is 14.9. The van der Waals surface area contributed by atoms with Crippen LogP contribution in [0, 0.1) is 5.92 Å². The number of carbonyl (C=O) groups is 2. The Morgan fingerprint density at radius 1 is 0.968 bits per heavy atom. The smallest absolute Gasteiger partial charge is 0.271 e. The summed E-state index contributed by atoms with van der Waals surface area (Å²) in [6.07, 6.45) is 0.495. The molecule has 4 rings (SSSR count). The van der Waals surface area contributed by atoms with Crippen molar-refractivity contribution in [2.45, 2.75) is 10.6 Å². The van der Waals surface area contributed by atoms with Gasteiger partial charge in [0.05, 0.1) is 17.2 Å². The topological polar surface area (TPSA) is 114 Å². The highest BCUT2D eigenvalue weighted by molar-refractivity contribution is 7.94. The zero-order valence-electron chi connectivity index (χ0n) is 16.2. The molecule has 8 nitrogen and oxygen atoms in total. The molecule has 1 aliphatic rings. The highest BCUT2D eigenvalue weighted by Gasteiger charge is 2.26. The summed E-state index contributed by atoms with van der Waals surface area (Å²) < 4.78 is 33.2. The predicted molar refractivity (Wildman–Crippen MR) is 116 cm³/mol. The van der Waals surface area contributed by atoms with Gasteiger partial charge in [-0.05, 0) is 41.6 Å². The minimum atomic E-state index is -3.82. The van der Waals surface area contributed by atoms with Crippen LogP contribution in [0.4, 0.5) is 5.69 Å². The van der Waals surface area contributed by atoms with Crippen LogP contribution in [-0.4, -0.2) is 26.8 Å². The molecule has 2 amide bonds. The van der Waals surface area contributed by atoms with E-state index in [-0.39, 0.29) is 28.0 Å². The van der Waals surface area contributed by atoms with E-state index in [1.165, 1.54) is 18.2 Å². The third kappa shape index (κ3) is 4.70. The molecule has 0 spiro atoms. The van der Waals surface area contributed by atoms with Gasteiger partial charge in [0.1, 0.15) is 16.6 Å². The standard InChI is InChI=1S/C21H19N3O5S2/c25-20(15-12-14-6-1-4-9-18(14)29-13-15)22-23-21(26)16-7-2-3-8-17(16)24-31(27,28)19-10-5-11-30-19/h1-11,15,24H,12-13H2,(H,22,25)(H,23,26). The maximum atomic E-state index is 12.6. The monoisotopic (exact) mass is 457 g/mol. The molecule has 3 aromatic rings. The highest BCUT2D eigenvalue weighted by Crippen LogP contribution is 2.27. The van der Waals surface area contributed by atoms with Crippen molar-refractivity contribution in [2.24, 2.45) is 5.92 Å². The molecule has 10 heteroatoms. The van der Waals surface area contributed by atoms with Gasteiger partial charge in [-0.1, -0.05) is 36.4 Å². The Hall–Kier alpha value is -3.37. The number of amides is 2. The summed E-state index contributed by atoms with van der Waals surface area (Å²) in [4.78, 5) is 25.1. The molecule has 0 saturated carbocycles. The van der Waals surface area contributed by atoms with Crippen molar-refractivity contribution in [1.29, 1.82) is 0 Å². The first kappa shape index (κ1) is 20.9. The van der Waals surface area contributed by atoms with Crippen LogP contribution in [0.3, 0.4) is 0 Å². The van der Waals surface area contributed by atoms with Gasteiger partial charge in [0, 0.05) is 0 Å². The zero-order valence-corrected chi connectivity index (χ0v) is 17.8. The molecule has 0 saturated heterocycles. The predicted octanol–water partition coefficient (Wildman–Crippen LogP) is 2.56. The number of hydrazine groups is 1. The zero-order chi connectivity index (χ0) is 21.8. The Morgan fingerprint density at radius 2 is 1.74 bits per heavy atom. The second kappa shape index (κ2) is 8.78.